The normalized spacial score (nSPS) is 14.1. The van der Waals surface area contributed by atoms with Crippen LogP contribution in [-0.4, -0.2) is 60.9 Å². The van der Waals surface area contributed by atoms with Gasteiger partial charge < -0.3 is 30.4 Å². The van der Waals surface area contributed by atoms with E-state index in [9.17, 15) is 9.90 Å². The molecule has 1 aliphatic heterocycles. The van der Waals surface area contributed by atoms with Gasteiger partial charge in [-0.25, -0.2) is 0 Å². The number of nitrogens with one attached hydrogen (secondary N) is 3. The quantitative estimate of drug-likeness (QED) is 0.255. The molecule has 0 saturated carbocycles. The fourth-order valence-corrected chi connectivity index (χ4v) is 4.96. The standard InChI is InChI=1S/C33H36N4O3/c1-23(2)40-32-14-11-25(8-7-24-9-12-28(13-10-24)37-17-15-34-16-18-37)19-30(32)33(39)36-27(22-38)20-26-21-35-31-6-4-3-5-29(26)31/h3-6,9-14,19,21,23,27,34-35,38H,15-18,20,22H2,1-2H3,(H,36,39)/t27-/m1/s1. The van der Waals surface area contributed by atoms with Crippen molar-refractivity contribution in [1.29, 1.82) is 0 Å². The lowest BCUT2D eigenvalue weighted by Crippen LogP contribution is -2.43. The average Bonchev–Trinajstić information content (AvgIpc) is 3.39. The van der Waals surface area contributed by atoms with Crippen LogP contribution in [0.25, 0.3) is 10.9 Å². The van der Waals surface area contributed by atoms with E-state index >= 15 is 0 Å². The number of aliphatic hydroxyl groups is 1. The van der Waals surface area contributed by atoms with Gasteiger partial charge in [0.05, 0.1) is 24.3 Å². The molecule has 5 rings (SSSR count). The van der Waals surface area contributed by atoms with Crippen LogP contribution in [-0.2, 0) is 6.42 Å². The fraction of sp³-hybridized carbons (Fsp3) is 0.303. The predicted molar refractivity (Wildman–Crippen MR) is 160 cm³/mol. The minimum atomic E-state index is -0.456. The summed E-state index contributed by atoms with van der Waals surface area (Å²) in [6.07, 6.45) is 2.33. The van der Waals surface area contributed by atoms with Crippen molar-refractivity contribution in [3.05, 3.63) is 95.2 Å². The molecule has 0 unspecified atom stereocenters. The Morgan fingerprint density at radius 1 is 1.02 bits per heavy atom. The van der Waals surface area contributed by atoms with Crippen LogP contribution >= 0.6 is 0 Å². The minimum absolute atomic E-state index is 0.0995. The van der Waals surface area contributed by atoms with Crippen molar-refractivity contribution in [1.82, 2.24) is 15.6 Å². The van der Waals surface area contributed by atoms with Crippen LogP contribution in [0.3, 0.4) is 0 Å². The number of fused-ring (bicyclic) bond motifs is 1. The third-order valence-electron chi connectivity index (χ3n) is 6.98. The van der Waals surface area contributed by atoms with E-state index in [1.165, 1.54) is 5.69 Å². The molecule has 1 saturated heterocycles. The maximum absolute atomic E-state index is 13.5. The zero-order valence-electron chi connectivity index (χ0n) is 23.0. The summed E-state index contributed by atoms with van der Waals surface area (Å²) >= 11 is 0. The van der Waals surface area contributed by atoms with Crippen LogP contribution in [0, 0.1) is 11.8 Å². The van der Waals surface area contributed by atoms with Gasteiger partial charge in [-0.15, -0.1) is 0 Å². The van der Waals surface area contributed by atoms with Crippen LogP contribution in [0.4, 0.5) is 5.69 Å². The number of rotatable bonds is 8. The third-order valence-corrected chi connectivity index (χ3v) is 6.98. The lowest BCUT2D eigenvalue weighted by Gasteiger charge is -2.29. The second kappa shape index (κ2) is 12.7. The Kier molecular flexibility index (Phi) is 8.70. The maximum Gasteiger partial charge on any atom is 0.255 e. The van der Waals surface area contributed by atoms with Crippen LogP contribution < -0.4 is 20.3 Å². The molecule has 2 heterocycles. The number of para-hydroxylation sites is 1. The molecule has 1 amide bonds. The number of carbonyl (C=O) groups is 1. The summed E-state index contributed by atoms with van der Waals surface area (Å²) in [6.45, 7) is 7.65. The van der Waals surface area contributed by atoms with Gasteiger partial charge in [0.2, 0.25) is 0 Å². The highest BCUT2D eigenvalue weighted by atomic mass is 16.5. The Labute approximate surface area is 235 Å². The van der Waals surface area contributed by atoms with E-state index in [1.54, 1.807) is 12.1 Å². The molecule has 7 heteroatoms. The Bertz CT molecular complexity index is 1510. The number of amides is 1. The summed E-state index contributed by atoms with van der Waals surface area (Å²) in [6, 6.07) is 21.2. The van der Waals surface area contributed by atoms with Crippen LogP contribution in [0.5, 0.6) is 5.75 Å². The highest BCUT2D eigenvalue weighted by Crippen LogP contribution is 2.23. The lowest BCUT2D eigenvalue weighted by atomic mass is 10.0. The zero-order valence-corrected chi connectivity index (χ0v) is 23.0. The number of hydrogen-bond acceptors (Lipinski definition) is 5. The molecule has 1 aromatic heterocycles. The fourth-order valence-electron chi connectivity index (χ4n) is 4.96. The first kappa shape index (κ1) is 27.3. The van der Waals surface area contributed by atoms with Gasteiger partial charge in [-0.2, -0.15) is 0 Å². The Balaban J connectivity index is 1.33. The Hall–Kier alpha value is -4.25. The Morgan fingerprint density at radius 3 is 2.50 bits per heavy atom. The summed E-state index contributed by atoms with van der Waals surface area (Å²) < 4.78 is 5.95. The first-order valence-electron chi connectivity index (χ1n) is 13.9. The molecule has 40 heavy (non-hydrogen) atoms. The molecule has 1 aliphatic rings. The smallest absolute Gasteiger partial charge is 0.255 e. The number of carbonyl (C=O) groups excluding carboxylic acids is 1. The molecule has 4 N–H and O–H groups in total. The lowest BCUT2D eigenvalue weighted by molar-refractivity contribution is 0.0910. The number of anilines is 1. The molecule has 206 valence electrons. The van der Waals surface area contributed by atoms with Gasteiger partial charge in [0.25, 0.3) is 5.91 Å². The Morgan fingerprint density at radius 2 is 1.75 bits per heavy atom. The van der Waals surface area contributed by atoms with E-state index in [-0.39, 0.29) is 18.6 Å². The molecule has 1 atom stereocenters. The molecule has 0 radical (unpaired) electrons. The van der Waals surface area contributed by atoms with E-state index < -0.39 is 6.04 Å². The summed E-state index contributed by atoms with van der Waals surface area (Å²) in [5.41, 5.74) is 5.28. The number of aromatic nitrogens is 1. The van der Waals surface area contributed by atoms with E-state index in [4.69, 9.17) is 4.74 Å². The highest BCUT2D eigenvalue weighted by Gasteiger charge is 2.20. The van der Waals surface area contributed by atoms with Gasteiger partial charge in [-0.1, -0.05) is 30.0 Å². The summed E-state index contributed by atoms with van der Waals surface area (Å²) in [4.78, 5) is 19.1. The summed E-state index contributed by atoms with van der Waals surface area (Å²) in [5, 5.41) is 17.5. The molecular weight excluding hydrogens is 500 g/mol. The maximum atomic E-state index is 13.5. The van der Waals surface area contributed by atoms with Crippen molar-refractivity contribution >= 4 is 22.5 Å². The molecule has 3 aromatic carbocycles. The molecule has 0 aliphatic carbocycles. The third kappa shape index (κ3) is 6.66. The minimum Gasteiger partial charge on any atom is -0.490 e. The average molecular weight is 537 g/mol. The van der Waals surface area contributed by atoms with Crippen LogP contribution in [0.2, 0.25) is 0 Å². The number of aliphatic hydroxyl groups excluding tert-OH is 1. The van der Waals surface area contributed by atoms with Crippen molar-refractivity contribution in [2.45, 2.75) is 32.4 Å². The van der Waals surface area contributed by atoms with Crippen molar-refractivity contribution in [2.24, 2.45) is 0 Å². The molecule has 0 spiro atoms. The number of ether oxygens (including phenoxy) is 1. The van der Waals surface area contributed by atoms with Gasteiger partial charge in [-0.3, -0.25) is 4.79 Å². The first-order valence-corrected chi connectivity index (χ1v) is 13.9. The molecule has 7 nitrogen and oxygen atoms in total. The zero-order chi connectivity index (χ0) is 27.9. The van der Waals surface area contributed by atoms with Gasteiger partial charge >= 0.3 is 0 Å². The van der Waals surface area contributed by atoms with Crippen molar-refractivity contribution in [3.63, 3.8) is 0 Å². The van der Waals surface area contributed by atoms with Gasteiger partial charge in [-0.05, 0) is 74.4 Å². The van der Waals surface area contributed by atoms with Crippen molar-refractivity contribution in [3.8, 4) is 17.6 Å². The number of benzene rings is 3. The van der Waals surface area contributed by atoms with Gasteiger partial charge in [0.1, 0.15) is 5.75 Å². The van der Waals surface area contributed by atoms with E-state index in [1.807, 2.05) is 62.5 Å². The topological polar surface area (TPSA) is 89.6 Å². The number of aromatic amines is 1. The van der Waals surface area contributed by atoms with E-state index in [0.717, 1.165) is 48.2 Å². The molecule has 1 fully saturated rings. The first-order chi connectivity index (χ1) is 19.5. The number of H-pyrrole nitrogens is 1. The van der Waals surface area contributed by atoms with Gasteiger partial charge in [0, 0.05) is 60.1 Å². The summed E-state index contributed by atoms with van der Waals surface area (Å²) in [5.74, 6) is 6.60. The SMILES string of the molecule is CC(C)Oc1ccc(C#Cc2ccc(N3CCNCC3)cc2)cc1C(=O)N[C@@H](CO)Cc1c[nH]c2ccccc12. The van der Waals surface area contributed by atoms with Gasteiger partial charge in [0.15, 0.2) is 0 Å². The largest absolute Gasteiger partial charge is 0.490 e. The monoisotopic (exact) mass is 536 g/mol. The van der Waals surface area contributed by atoms with E-state index in [0.29, 0.717) is 23.3 Å². The van der Waals surface area contributed by atoms with Crippen molar-refractivity contribution in [2.75, 3.05) is 37.7 Å². The number of nitrogens with zero attached hydrogens (tertiary/aromatic N) is 1. The molecule has 0 bridgehead atoms. The number of piperazine rings is 1. The second-order valence-electron chi connectivity index (χ2n) is 10.3. The predicted octanol–water partition coefficient (Wildman–Crippen LogP) is 4.10. The molecule has 4 aromatic rings. The van der Waals surface area contributed by atoms with E-state index in [2.05, 4.69) is 44.5 Å². The van der Waals surface area contributed by atoms with Crippen molar-refractivity contribution < 1.29 is 14.6 Å². The molecular formula is C33H36N4O3. The second-order valence-corrected chi connectivity index (χ2v) is 10.3. The highest BCUT2D eigenvalue weighted by molar-refractivity contribution is 5.97. The van der Waals surface area contributed by atoms with Crippen LogP contribution in [0.1, 0.15) is 40.9 Å². The summed E-state index contributed by atoms with van der Waals surface area (Å²) in [7, 11) is 0. The number of hydrogen-bond donors (Lipinski definition) is 4. The van der Waals surface area contributed by atoms with Crippen LogP contribution in [0.15, 0.2) is 72.9 Å².